The van der Waals surface area contributed by atoms with Gasteiger partial charge in [-0.2, -0.15) is 0 Å². The van der Waals surface area contributed by atoms with E-state index in [1.807, 2.05) is 24.3 Å². The van der Waals surface area contributed by atoms with Crippen molar-refractivity contribution in [2.24, 2.45) is 23.7 Å². The van der Waals surface area contributed by atoms with E-state index in [1.54, 1.807) is 0 Å². The van der Waals surface area contributed by atoms with Crippen molar-refractivity contribution in [1.29, 1.82) is 0 Å². The number of carbonyl (C=O) groups is 1. The van der Waals surface area contributed by atoms with Crippen molar-refractivity contribution in [3.8, 4) is 5.75 Å². The zero-order valence-corrected chi connectivity index (χ0v) is 13.7. The molecule has 1 aliphatic carbocycles. The molecule has 3 nitrogen and oxygen atoms in total. The molecule has 0 saturated carbocycles. The summed E-state index contributed by atoms with van der Waals surface area (Å²) in [6.45, 7) is 9.10. The van der Waals surface area contributed by atoms with Gasteiger partial charge in [0.15, 0.2) is 0 Å². The molecule has 0 aromatic heterocycles. The van der Waals surface area contributed by atoms with Crippen molar-refractivity contribution >= 4 is 5.97 Å². The van der Waals surface area contributed by atoms with E-state index in [1.165, 1.54) is 12.5 Å². The Morgan fingerprint density at radius 3 is 2.55 bits per heavy atom. The van der Waals surface area contributed by atoms with Crippen LogP contribution in [-0.2, 0) is 9.53 Å². The molecule has 22 heavy (non-hydrogen) atoms. The second-order valence-electron chi connectivity index (χ2n) is 6.74. The third kappa shape index (κ3) is 2.70. The zero-order chi connectivity index (χ0) is 15.9. The summed E-state index contributed by atoms with van der Waals surface area (Å²) in [5, 5.41) is 0. The molecule has 3 heteroatoms. The average Bonchev–Trinajstić information content (AvgIpc) is 2.45. The number of fused-ring (bicyclic) bond motifs is 2. The molecule has 3 rings (SSSR count). The molecule has 1 heterocycles. The Labute approximate surface area is 132 Å². The average molecular weight is 300 g/mol. The molecular formula is C19H24O3. The van der Waals surface area contributed by atoms with Crippen LogP contribution in [0.2, 0.25) is 0 Å². The van der Waals surface area contributed by atoms with Gasteiger partial charge < -0.3 is 9.47 Å². The third-order valence-electron chi connectivity index (χ3n) is 5.23. The summed E-state index contributed by atoms with van der Waals surface area (Å²) in [6.07, 6.45) is 2.51. The van der Waals surface area contributed by atoms with Gasteiger partial charge in [0.05, 0.1) is 12.7 Å². The Balaban J connectivity index is 1.86. The van der Waals surface area contributed by atoms with Gasteiger partial charge in [0, 0.05) is 12.8 Å². The van der Waals surface area contributed by atoms with Crippen LogP contribution in [0.25, 0.3) is 0 Å². The lowest BCUT2D eigenvalue weighted by atomic mass is 9.64. The maximum Gasteiger partial charge on any atom is 0.308 e. The van der Waals surface area contributed by atoms with E-state index < -0.39 is 0 Å². The van der Waals surface area contributed by atoms with E-state index in [9.17, 15) is 4.79 Å². The number of hydrogen-bond donors (Lipinski definition) is 0. The second kappa shape index (κ2) is 5.88. The zero-order valence-electron chi connectivity index (χ0n) is 13.7. The van der Waals surface area contributed by atoms with Crippen molar-refractivity contribution in [3.05, 3.63) is 41.5 Å². The van der Waals surface area contributed by atoms with Gasteiger partial charge in [0.1, 0.15) is 5.75 Å². The lowest BCUT2D eigenvalue weighted by molar-refractivity contribution is -0.131. The first kappa shape index (κ1) is 15.3. The maximum atomic E-state index is 11.0. The van der Waals surface area contributed by atoms with Crippen molar-refractivity contribution in [2.75, 3.05) is 6.61 Å². The van der Waals surface area contributed by atoms with Gasteiger partial charge in [0.25, 0.3) is 0 Å². The van der Waals surface area contributed by atoms with E-state index >= 15 is 0 Å². The van der Waals surface area contributed by atoms with Gasteiger partial charge in [0.2, 0.25) is 0 Å². The van der Waals surface area contributed by atoms with Crippen LogP contribution in [0.1, 0.15) is 39.4 Å². The fraction of sp³-hybridized carbons (Fsp3) is 0.526. The monoisotopic (exact) mass is 300 g/mol. The first-order valence-corrected chi connectivity index (χ1v) is 8.05. The molecule has 1 saturated heterocycles. The van der Waals surface area contributed by atoms with Gasteiger partial charge in [-0.05, 0) is 42.4 Å². The van der Waals surface area contributed by atoms with Crippen molar-refractivity contribution in [3.63, 3.8) is 0 Å². The van der Waals surface area contributed by atoms with Crippen LogP contribution in [0.15, 0.2) is 35.9 Å². The van der Waals surface area contributed by atoms with Gasteiger partial charge in [-0.25, -0.2) is 0 Å². The molecule has 2 aliphatic rings. The number of esters is 1. The highest BCUT2D eigenvalue weighted by Crippen LogP contribution is 2.49. The minimum atomic E-state index is -0.293. The second-order valence-corrected chi connectivity index (χ2v) is 6.74. The number of hydrogen-bond acceptors (Lipinski definition) is 3. The predicted octanol–water partition coefficient (Wildman–Crippen LogP) is 4.15. The van der Waals surface area contributed by atoms with E-state index in [0.717, 1.165) is 12.2 Å². The molecule has 1 fully saturated rings. The molecule has 1 aromatic carbocycles. The molecule has 1 aliphatic heterocycles. The Morgan fingerprint density at radius 1 is 1.23 bits per heavy atom. The van der Waals surface area contributed by atoms with Crippen LogP contribution < -0.4 is 4.74 Å². The third-order valence-corrected chi connectivity index (χ3v) is 5.23. The Kier molecular flexibility index (Phi) is 4.09. The van der Waals surface area contributed by atoms with Crippen molar-refractivity contribution in [2.45, 2.75) is 33.8 Å². The maximum absolute atomic E-state index is 11.0. The fourth-order valence-electron chi connectivity index (χ4n) is 4.14. The molecule has 1 aromatic rings. The first-order valence-electron chi connectivity index (χ1n) is 8.05. The topological polar surface area (TPSA) is 35.5 Å². The van der Waals surface area contributed by atoms with Gasteiger partial charge >= 0.3 is 5.97 Å². The molecule has 0 N–H and O–H groups in total. The quantitative estimate of drug-likeness (QED) is 0.467. The molecule has 118 valence electrons. The van der Waals surface area contributed by atoms with E-state index in [0.29, 0.717) is 29.4 Å². The largest absolute Gasteiger partial charge is 0.427 e. The lowest BCUT2D eigenvalue weighted by Crippen LogP contribution is -2.42. The Bertz CT molecular complexity index is 587. The minimum Gasteiger partial charge on any atom is -0.427 e. The van der Waals surface area contributed by atoms with Gasteiger partial charge in [-0.15, -0.1) is 0 Å². The molecule has 5 atom stereocenters. The van der Waals surface area contributed by atoms with E-state index in [2.05, 4.69) is 26.8 Å². The number of benzene rings is 1. The number of rotatable bonds is 2. The van der Waals surface area contributed by atoms with Crippen LogP contribution in [0.4, 0.5) is 0 Å². The summed E-state index contributed by atoms with van der Waals surface area (Å²) in [4.78, 5) is 11.0. The highest BCUT2D eigenvalue weighted by molar-refractivity contribution is 5.69. The van der Waals surface area contributed by atoms with Crippen LogP contribution in [0.3, 0.4) is 0 Å². The summed E-state index contributed by atoms with van der Waals surface area (Å²) >= 11 is 0. The highest BCUT2D eigenvalue weighted by Gasteiger charge is 2.43. The highest BCUT2D eigenvalue weighted by atomic mass is 16.5. The van der Waals surface area contributed by atoms with Crippen LogP contribution in [0.5, 0.6) is 5.75 Å². The SMILES string of the molecule is CC(=O)Oc1ccc(C2OC[C@@H]3C(C)C=C(C)[C@H]2C3C)cc1. The standard InChI is InChI=1S/C19H24O3/c1-11-9-12(2)18-13(3)17(11)10-21-19(18)15-5-7-16(8-6-15)22-14(4)20/h5-9,11,13,17-19H,10H2,1-4H3/t11?,13?,17-,18+,19?/m1/s1. The number of allylic oxidation sites excluding steroid dienone is 1. The summed E-state index contributed by atoms with van der Waals surface area (Å²) < 4.78 is 11.3. The first-order chi connectivity index (χ1) is 10.5. The summed E-state index contributed by atoms with van der Waals surface area (Å²) in [5.41, 5.74) is 2.60. The summed E-state index contributed by atoms with van der Waals surface area (Å²) in [6, 6.07) is 7.73. The smallest absolute Gasteiger partial charge is 0.308 e. The number of carbonyl (C=O) groups excluding carboxylic acids is 1. The van der Waals surface area contributed by atoms with E-state index in [4.69, 9.17) is 9.47 Å². The molecule has 0 radical (unpaired) electrons. The van der Waals surface area contributed by atoms with Crippen LogP contribution in [-0.4, -0.2) is 12.6 Å². The summed E-state index contributed by atoms with van der Waals surface area (Å²) in [7, 11) is 0. The Hall–Kier alpha value is -1.61. The normalized spacial score (nSPS) is 34.0. The van der Waals surface area contributed by atoms with E-state index in [-0.39, 0.29) is 12.1 Å². The minimum absolute atomic E-state index is 0.0985. The van der Waals surface area contributed by atoms with Crippen LogP contribution in [0, 0.1) is 23.7 Å². The molecular weight excluding hydrogens is 276 g/mol. The predicted molar refractivity (Wildman–Crippen MR) is 85.5 cm³/mol. The van der Waals surface area contributed by atoms with Crippen molar-refractivity contribution < 1.29 is 14.3 Å². The lowest BCUT2D eigenvalue weighted by Gasteiger charge is -2.47. The van der Waals surface area contributed by atoms with Gasteiger partial charge in [-0.3, -0.25) is 4.79 Å². The van der Waals surface area contributed by atoms with Gasteiger partial charge in [-0.1, -0.05) is 37.6 Å². The summed E-state index contributed by atoms with van der Waals surface area (Å²) in [5.74, 6) is 2.57. The molecule has 2 bridgehead atoms. The fourth-order valence-corrected chi connectivity index (χ4v) is 4.14. The molecule has 0 spiro atoms. The molecule has 0 amide bonds. The van der Waals surface area contributed by atoms with Crippen LogP contribution >= 0.6 is 0 Å². The van der Waals surface area contributed by atoms with Crippen molar-refractivity contribution in [1.82, 2.24) is 0 Å². The molecule has 3 unspecified atom stereocenters. The Morgan fingerprint density at radius 2 is 1.91 bits per heavy atom. The number of ether oxygens (including phenoxy) is 2.